The van der Waals surface area contributed by atoms with E-state index in [9.17, 15) is 14.3 Å². The molecule has 2 aliphatic heterocycles. The van der Waals surface area contributed by atoms with Gasteiger partial charge < -0.3 is 19.6 Å². The Hall–Kier alpha value is -2.93. The zero-order valence-electron chi connectivity index (χ0n) is 14.7. The van der Waals surface area contributed by atoms with E-state index in [0.29, 0.717) is 38.0 Å². The minimum absolute atomic E-state index is 0.114. The first-order valence-corrected chi connectivity index (χ1v) is 8.90. The second kappa shape index (κ2) is 7.36. The number of aliphatic imine (C=N–C) groups is 1. The van der Waals surface area contributed by atoms with Gasteiger partial charge in [-0.15, -0.1) is 0 Å². The first-order chi connectivity index (χ1) is 13.1. The predicted molar refractivity (Wildman–Crippen MR) is 99.8 cm³/mol. The summed E-state index contributed by atoms with van der Waals surface area (Å²) in [7, 11) is 0. The average Bonchev–Trinajstić information content (AvgIpc) is 2.68. The molecule has 27 heavy (non-hydrogen) atoms. The van der Waals surface area contributed by atoms with Crippen molar-refractivity contribution in [2.24, 2.45) is 4.99 Å². The highest BCUT2D eigenvalue weighted by atomic mass is 19.1. The summed E-state index contributed by atoms with van der Waals surface area (Å²) in [6, 6.07) is 13.2. The smallest absolute Gasteiger partial charge is 0.305 e. The van der Waals surface area contributed by atoms with Crippen LogP contribution in [0.25, 0.3) is 0 Å². The van der Waals surface area contributed by atoms with Crippen molar-refractivity contribution in [3.8, 4) is 0 Å². The van der Waals surface area contributed by atoms with E-state index >= 15 is 0 Å². The van der Waals surface area contributed by atoms with Crippen molar-refractivity contribution in [2.75, 3.05) is 31.2 Å². The number of ether oxygens (including phenoxy) is 1. The quantitative estimate of drug-likeness (QED) is 0.900. The maximum Gasteiger partial charge on any atom is 0.305 e. The van der Waals surface area contributed by atoms with Crippen molar-refractivity contribution in [3.63, 3.8) is 0 Å². The number of benzene rings is 2. The molecule has 0 saturated carbocycles. The highest BCUT2D eigenvalue weighted by Crippen LogP contribution is 2.40. The van der Waals surface area contributed by atoms with E-state index in [1.54, 1.807) is 12.1 Å². The molecule has 0 amide bonds. The molecule has 1 N–H and O–H groups in total. The van der Waals surface area contributed by atoms with Crippen LogP contribution in [0.15, 0.2) is 53.5 Å². The summed E-state index contributed by atoms with van der Waals surface area (Å²) in [5, 5.41) is 9.53. The van der Waals surface area contributed by atoms with Crippen LogP contribution in [0.1, 0.15) is 18.0 Å². The van der Waals surface area contributed by atoms with Gasteiger partial charge in [-0.1, -0.05) is 24.3 Å². The Kier molecular flexibility index (Phi) is 4.77. The molecule has 4 rings (SSSR count). The molecule has 0 aliphatic carbocycles. The SMILES string of the molecule is O=C(O)CC1c2ccccc2N=C(N2CCOCC2)N1c1cccc(F)c1. The number of carbonyl (C=O) groups is 1. The minimum Gasteiger partial charge on any atom is -0.481 e. The first-order valence-electron chi connectivity index (χ1n) is 8.90. The highest BCUT2D eigenvalue weighted by molar-refractivity contribution is 6.01. The number of carboxylic acid groups (broad SMARTS) is 1. The molecule has 7 heteroatoms. The molecule has 1 unspecified atom stereocenters. The van der Waals surface area contributed by atoms with Crippen molar-refractivity contribution in [2.45, 2.75) is 12.5 Å². The molecule has 6 nitrogen and oxygen atoms in total. The fourth-order valence-corrected chi connectivity index (χ4v) is 3.59. The van der Waals surface area contributed by atoms with E-state index in [1.165, 1.54) is 12.1 Å². The summed E-state index contributed by atoms with van der Waals surface area (Å²) >= 11 is 0. The van der Waals surface area contributed by atoms with Gasteiger partial charge in [-0.05, 0) is 24.3 Å². The molecule has 2 aliphatic rings. The zero-order chi connectivity index (χ0) is 18.8. The lowest BCUT2D eigenvalue weighted by molar-refractivity contribution is -0.137. The number of fused-ring (bicyclic) bond motifs is 1. The van der Waals surface area contributed by atoms with E-state index in [1.807, 2.05) is 29.2 Å². The molecule has 0 bridgehead atoms. The van der Waals surface area contributed by atoms with Gasteiger partial charge in [0, 0.05) is 24.3 Å². The van der Waals surface area contributed by atoms with E-state index < -0.39 is 12.0 Å². The minimum atomic E-state index is -0.917. The number of aliphatic carboxylic acids is 1. The van der Waals surface area contributed by atoms with Crippen LogP contribution < -0.4 is 4.90 Å². The van der Waals surface area contributed by atoms with Crippen molar-refractivity contribution in [3.05, 3.63) is 59.9 Å². The lowest BCUT2D eigenvalue weighted by atomic mass is 9.97. The maximum absolute atomic E-state index is 14.0. The lowest BCUT2D eigenvalue weighted by Gasteiger charge is -2.43. The number of halogens is 1. The van der Waals surface area contributed by atoms with Crippen molar-refractivity contribution in [1.29, 1.82) is 0 Å². The number of rotatable bonds is 3. The Morgan fingerprint density at radius 3 is 2.70 bits per heavy atom. The third-order valence-corrected chi connectivity index (χ3v) is 4.79. The van der Waals surface area contributed by atoms with Gasteiger partial charge in [-0.2, -0.15) is 0 Å². The Bertz CT molecular complexity index is 880. The van der Waals surface area contributed by atoms with Crippen molar-refractivity contribution in [1.82, 2.24) is 4.90 Å². The van der Waals surface area contributed by atoms with Crippen LogP contribution >= 0.6 is 0 Å². The van der Waals surface area contributed by atoms with E-state index in [2.05, 4.69) is 4.90 Å². The number of morpholine rings is 1. The Morgan fingerprint density at radius 2 is 1.96 bits per heavy atom. The normalized spacial score (nSPS) is 19.4. The third-order valence-electron chi connectivity index (χ3n) is 4.79. The van der Waals surface area contributed by atoms with Crippen LogP contribution in [0.2, 0.25) is 0 Å². The predicted octanol–water partition coefficient (Wildman–Crippen LogP) is 3.18. The number of guanidine groups is 1. The van der Waals surface area contributed by atoms with Gasteiger partial charge in [0.25, 0.3) is 0 Å². The van der Waals surface area contributed by atoms with Crippen LogP contribution in [0, 0.1) is 5.82 Å². The standard InChI is InChI=1S/C20H20FN3O3/c21-14-4-3-5-15(12-14)24-18(13-19(25)26)16-6-1-2-7-17(16)22-20(24)23-8-10-27-11-9-23/h1-7,12,18H,8-11,13H2,(H,25,26). The molecular formula is C20H20FN3O3. The fourth-order valence-electron chi connectivity index (χ4n) is 3.59. The van der Waals surface area contributed by atoms with Gasteiger partial charge in [0.05, 0.1) is 31.4 Å². The van der Waals surface area contributed by atoms with Gasteiger partial charge in [0.1, 0.15) is 5.82 Å². The van der Waals surface area contributed by atoms with E-state index in [4.69, 9.17) is 9.73 Å². The largest absolute Gasteiger partial charge is 0.481 e. The summed E-state index contributed by atoms with van der Waals surface area (Å²) in [4.78, 5) is 20.3. The molecule has 2 aromatic rings. The Morgan fingerprint density at radius 1 is 1.19 bits per heavy atom. The number of nitrogens with zero attached hydrogens (tertiary/aromatic N) is 3. The monoisotopic (exact) mass is 369 g/mol. The summed E-state index contributed by atoms with van der Waals surface area (Å²) in [6.07, 6.45) is -0.114. The third kappa shape index (κ3) is 3.50. The van der Waals surface area contributed by atoms with Crippen molar-refractivity contribution < 1.29 is 19.0 Å². The number of para-hydroxylation sites is 1. The first kappa shape index (κ1) is 17.5. The number of anilines is 1. The molecular weight excluding hydrogens is 349 g/mol. The zero-order valence-corrected chi connectivity index (χ0v) is 14.7. The summed E-state index contributed by atoms with van der Waals surface area (Å²) in [5.41, 5.74) is 2.15. The van der Waals surface area contributed by atoms with Crippen LogP contribution in [0.5, 0.6) is 0 Å². The van der Waals surface area contributed by atoms with Crippen molar-refractivity contribution >= 4 is 23.3 Å². The number of hydrogen-bond acceptors (Lipinski definition) is 5. The molecule has 1 atom stereocenters. The summed E-state index contributed by atoms with van der Waals surface area (Å²) in [6.45, 7) is 2.43. The Balaban J connectivity index is 1.87. The van der Waals surface area contributed by atoms with E-state index in [0.717, 1.165) is 11.3 Å². The molecule has 0 radical (unpaired) electrons. The molecule has 0 aromatic heterocycles. The van der Waals surface area contributed by atoms with Gasteiger partial charge in [-0.25, -0.2) is 9.38 Å². The average molecular weight is 369 g/mol. The van der Waals surface area contributed by atoms with Gasteiger partial charge in [0.2, 0.25) is 5.96 Å². The van der Waals surface area contributed by atoms with Gasteiger partial charge in [-0.3, -0.25) is 4.79 Å². The maximum atomic E-state index is 14.0. The van der Waals surface area contributed by atoms with Crippen LogP contribution in [0.3, 0.4) is 0 Å². The number of carboxylic acids is 1. The summed E-state index contributed by atoms with van der Waals surface area (Å²) < 4.78 is 19.4. The van der Waals surface area contributed by atoms with Crippen LogP contribution in [-0.2, 0) is 9.53 Å². The Labute approximate surface area is 156 Å². The second-order valence-electron chi connectivity index (χ2n) is 6.53. The lowest BCUT2D eigenvalue weighted by Crippen LogP contribution is -2.52. The van der Waals surface area contributed by atoms with Gasteiger partial charge in [0.15, 0.2) is 0 Å². The van der Waals surface area contributed by atoms with Crippen LogP contribution in [-0.4, -0.2) is 48.2 Å². The van der Waals surface area contributed by atoms with E-state index in [-0.39, 0.29) is 12.2 Å². The fraction of sp³-hybridized carbons (Fsp3) is 0.300. The summed E-state index contributed by atoms with van der Waals surface area (Å²) in [5.74, 6) is -0.657. The molecule has 0 spiro atoms. The highest BCUT2D eigenvalue weighted by Gasteiger charge is 2.35. The molecule has 140 valence electrons. The molecule has 2 heterocycles. The molecule has 1 saturated heterocycles. The topological polar surface area (TPSA) is 65.4 Å². The van der Waals surface area contributed by atoms with Crippen LogP contribution in [0.4, 0.5) is 15.8 Å². The second-order valence-corrected chi connectivity index (χ2v) is 6.53. The molecule has 1 fully saturated rings. The number of hydrogen-bond donors (Lipinski definition) is 1. The molecule has 2 aromatic carbocycles. The van der Waals surface area contributed by atoms with Gasteiger partial charge >= 0.3 is 5.97 Å².